The maximum absolute atomic E-state index is 6.31. The topological polar surface area (TPSA) is 16.4 Å². The average Bonchev–Trinajstić information content (AvgIpc) is 3.92. The summed E-state index contributed by atoms with van der Waals surface area (Å²) in [5, 5.41) is 7.29. The van der Waals surface area contributed by atoms with Crippen LogP contribution in [0.25, 0.3) is 97.4 Å². The molecule has 2 heterocycles. The number of hydrogen-bond donors (Lipinski definition) is 0. The fraction of sp³-hybridized carbons (Fsp3) is 0. The van der Waals surface area contributed by atoms with E-state index in [0.29, 0.717) is 0 Å². The Labute approximate surface area is 357 Å². The third-order valence-corrected chi connectivity index (χ3v) is 13.3. The van der Waals surface area contributed by atoms with Crippen LogP contribution in [0.1, 0.15) is 0 Å². The smallest absolute Gasteiger partial charge is 0.136 e. The van der Waals surface area contributed by atoms with Crippen LogP contribution in [0.2, 0.25) is 0 Å². The molecule has 0 aliphatic rings. The Balaban J connectivity index is 1.02. The molecule has 0 bridgehead atoms. The first-order chi connectivity index (χ1) is 30.2. The molecule has 61 heavy (non-hydrogen) atoms. The van der Waals surface area contributed by atoms with Crippen molar-refractivity contribution in [2.45, 2.75) is 0 Å². The van der Waals surface area contributed by atoms with E-state index in [1.807, 2.05) is 23.5 Å². The van der Waals surface area contributed by atoms with E-state index >= 15 is 0 Å². The molecule has 0 atom stereocenters. The van der Waals surface area contributed by atoms with Crippen molar-refractivity contribution in [3.8, 4) is 44.5 Å². The molecule has 0 N–H and O–H groups in total. The monoisotopic (exact) mass is 795 g/mol. The Bertz CT molecular complexity index is 3580. The summed E-state index contributed by atoms with van der Waals surface area (Å²) >= 11 is 1.87. The van der Waals surface area contributed by atoms with Gasteiger partial charge in [-0.2, -0.15) is 0 Å². The molecule has 12 rings (SSSR count). The van der Waals surface area contributed by atoms with E-state index in [-0.39, 0.29) is 0 Å². The highest BCUT2D eigenvalue weighted by Crippen LogP contribution is 2.49. The lowest BCUT2D eigenvalue weighted by atomic mass is 9.92. The number of thiophene rings is 1. The van der Waals surface area contributed by atoms with E-state index in [4.69, 9.17) is 4.42 Å². The van der Waals surface area contributed by atoms with Crippen LogP contribution in [0.5, 0.6) is 0 Å². The first-order valence-electron chi connectivity index (χ1n) is 20.7. The Kier molecular flexibility index (Phi) is 8.39. The van der Waals surface area contributed by atoms with E-state index in [0.717, 1.165) is 44.6 Å². The maximum Gasteiger partial charge on any atom is 0.136 e. The lowest BCUT2D eigenvalue weighted by Gasteiger charge is -2.27. The van der Waals surface area contributed by atoms with Gasteiger partial charge in [0.05, 0.1) is 5.69 Å². The van der Waals surface area contributed by atoms with Crippen molar-refractivity contribution < 1.29 is 4.42 Å². The van der Waals surface area contributed by atoms with Crippen LogP contribution in [-0.2, 0) is 0 Å². The molecule has 0 aliphatic heterocycles. The van der Waals surface area contributed by atoms with Gasteiger partial charge in [0, 0.05) is 42.3 Å². The van der Waals surface area contributed by atoms with Gasteiger partial charge in [-0.25, -0.2) is 0 Å². The number of nitrogens with zero attached hydrogens (tertiary/aromatic N) is 1. The third-order valence-electron chi connectivity index (χ3n) is 12.1. The van der Waals surface area contributed by atoms with Crippen molar-refractivity contribution in [1.29, 1.82) is 0 Å². The molecule has 3 heteroatoms. The zero-order chi connectivity index (χ0) is 40.3. The predicted molar refractivity (Wildman–Crippen MR) is 261 cm³/mol. The number of benzene rings is 10. The van der Waals surface area contributed by atoms with Gasteiger partial charge in [-0.1, -0.05) is 170 Å². The predicted octanol–water partition coefficient (Wildman–Crippen LogP) is 17.2. The van der Waals surface area contributed by atoms with Gasteiger partial charge in [-0.3, -0.25) is 0 Å². The molecule has 0 aliphatic carbocycles. The minimum Gasteiger partial charge on any atom is -0.456 e. The summed E-state index contributed by atoms with van der Waals surface area (Å²) in [6.07, 6.45) is 0. The van der Waals surface area contributed by atoms with Gasteiger partial charge in [-0.15, -0.1) is 11.3 Å². The Morgan fingerprint density at radius 2 is 0.951 bits per heavy atom. The van der Waals surface area contributed by atoms with E-state index in [9.17, 15) is 0 Å². The van der Waals surface area contributed by atoms with Crippen molar-refractivity contribution >= 4 is 81.3 Å². The Hall–Kier alpha value is -7.72. The molecule has 0 spiro atoms. The Morgan fingerprint density at radius 3 is 1.77 bits per heavy atom. The molecule has 0 saturated carbocycles. The number of hydrogen-bond acceptors (Lipinski definition) is 3. The molecular formula is C58H37NOS. The summed E-state index contributed by atoms with van der Waals surface area (Å²) in [7, 11) is 0. The SMILES string of the molecule is c1ccc(-c2ccc(N(c3ccc(-c4ccc5ccccc5c4)cc3)c3ccc(-c4ccccc4-c4cccc5oc6ccccc6c45)cc3)c3c2sc2ccccc23)cc1. The van der Waals surface area contributed by atoms with Crippen LogP contribution >= 0.6 is 11.3 Å². The lowest BCUT2D eigenvalue weighted by molar-refractivity contribution is 0.669. The van der Waals surface area contributed by atoms with Gasteiger partial charge >= 0.3 is 0 Å². The summed E-state index contributed by atoms with van der Waals surface area (Å²) < 4.78 is 8.88. The molecule has 0 radical (unpaired) electrons. The second-order valence-electron chi connectivity index (χ2n) is 15.6. The second kappa shape index (κ2) is 14.5. The zero-order valence-electron chi connectivity index (χ0n) is 33.1. The van der Waals surface area contributed by atoms with Crippen LogP contribution < -0.4 is 4.90 Å². The molecule has 2 aromatic heterocycles. The number of fused-ring (bicyclic) bond motifs is 7. The highest BCUT2D eigenvalue weighted by Gasteiger charge is 2.22. The lowest BCUT2D eigenvalue weighted by Crippen LogP contribution is -2.10. The molecule has 0 fully saturated rings. The van der Waals surface area contributed by atoms with E-state index in [1.165, 1.54) is 69.9 Å². The van der Waals surface area contributed by atoms with Gasteiger partial charge in [-0.05, 0) is 110 Å². The van der Waals surface area contributed by atoms with Gasteiger partial charge < -0.3 is 9.32 Å². The summed E-state index contributed by atoms with van der Waals surface area (Å²) in [4.78, 5) is 2.44. The average molecular weight is 796 g/mol. The number of rotatable bonds is 7. The molecule has 0 amide bonds. The summed E-state index contributed by atoms with van der Waals surface area (Å²) in [5.41, 5.74) is 14.7. The van der Waals surface area contributed by atoms with Crippen LogP contribution in [0, 0.1) is 0 Å². The molecule has 0 saturated heterocycles. The van der Waals surface area contributed by atoms with Crippen LogP contribution in [0.3, 0.4) is 0 Å². The highest BCUT2D eigenvalue weighted by atomic mass is 32.1. The largest absolute Gasteiger partial charge is 0.456 e. The van der Waals surface area contributed by atoms with Crippen LogP contribution in [0.4, 0.5) is 17.1 Å². The molecular weight excluding hydrogens is 759 g/mol. The normalized spacial score (nSPS) is 11.6. The molecule has 2 nitrogen and oxygen atoms in total. The summed E-state index contributed by atoms with van der Waals surface area (Å²) in [6, 6.07) is 81.2. The van der Waals surface area contributed by atoms with Crippen LogP contribution in [-0.4, -0.2) is 0 Å². The van der Waals surface area contributed by atoms with Gasteiger partial charge in [0.2, 0.25) is 0 Å². The number of furan rings is 1. The van der Waals surface area contributed by atoms with Crippen LogP contribution in [0.15, 0.2) is 229 Å². The minimum absolute atomic E-state index is 0.900. The molecule has 286 valence electrons. The molecule has 0 unspecified atom stereocenters. The fourth-order valence-electron chi connectivity index (χ4n) is 9.20. The van der Waals surface area contributed by atoms with E-state index in [2.05, 4.69) is 217 Å². The van der Waals surface area contributed by atoms with Crippen molar-refractivity contribution in [2.75, 3.05) is 4.90 Å². The van der Waals surface area contributed by atoms with Gasteiger partial charge in [0.25, 0.3) is 0 Å². The zero-order valence-corrected chi connectivity index (χ0v) is 33.9. The molecule has 12 aromatic rings. The summed E-state index contributed by atoms with van der Waals surface area (Å²) in [6.45, 7) is 0. The van der Waals surface area contributed by atoms with Gasteiger partial charge in [0.15, 0.2) is 0 Å². The quantitative estimate of drug-likeness (QED) is 0.160. The highest BCUT2D eigenvalue weighted by molar-refractivity contribution is 7.26. The van der Waals surface area contributed by atoms with Crippen molar-refractivity contribution in [2.24, 2.45) is 0 Å². The number of para-hydroxylation sites is 1. The summed E-state index contributed by atoms with van der Waals surface area (Å²) in [5.74, 6) is 0. The number of anilines is 3. The first-order valence-corrected chi connectivity index (χ1v) is 21.6. The first kappa shape index (κ1) is 35.2. The molecule has 10 aromatic carbocycles. The Morgan fingerprint density at radius 1 is 0.344 bits per heavy atom. The van der Waals surface area contributed by atoms with Crippen molar-refractivity contribution in [3.05, 3.63) is 224 Å². The maximum atomic E-state index is 6.31. The van der Waals surface area contributed by atoms with Gasteiger partial charge in [0.1, 0.15) is 11.2 Å². The fourth-order valence-corrected chi connectivity index (χ4v) is 10.5. The minimum atomic E-state index is 0.900. The van der Waals surface area contributed by atoms with E-state index in [1.54, 1.807) is 0 Å². The van der Waals surface area contributed by atoms with E-state index < -0.39 is 0 Å². The standard InChI is InChI=1S/C58H37NOS/c1-2-14-40(15-3-1)47-35-36-52(57-51-20-9-11-24-55(51)61-58(47)57)59(44-31-27-39(28-32-44)43-26-25-38-13-4-5-16-42(38)37-43)45-33-29-41(30-34-45)46-17-6-7-18-48(46)49-21-12-23-54-56(49)50-19-8-10-22-53(50)60-54/h1-37H. The second-order valence-corrected chi connectivity index (χ2v) is 16.7. The van der Waals surface area contributed by atoms with Crippen molar-refractivity contribution in [1.82, 2.24) is 0 Å². The third kappa shape index (κ3) is 6.01. The van der Waals surface area contributed by atoms with Crippen molar-refractivity contribution in [3.63, 3.8) is 0 Å².